The summed E-state index contributed by atoms with van der Waals surface area (Å²) in [4.78, 5) is 17.8. The summed E-state index contributed by atoms with van der Waals surface area (Å²) in [6.07, 6.45) is 1.71. The Bertz CT molecular complexity index is 913. The van der Waals surface area contributed by atoms with Crippen LogP contribution in [0.5, 0.6) is 0 Å². The topological polar surface area (TPSA) is 55.6 Å². The number of nitrogens with zero attached hydrogens (tertiary/aromatic N) is 3. The van der Waals surface area contributed by atoms with Gasteiger partial charge in [0.2, 0.25) is 0 Å². The maximum atomic E-state index is 12.7. The zero-order chi connectivity index (χ0) is 14.4. The number of hydrogen-bond acceptors (Lipinski definition) is 4. The zero-order valence-electron chi connectivity index (χ0n) is 11.4. The Balaban J connectivity index is 2.26. The number of thiophene rings is 1. The third-order valence-electron chi connectivity index (χ3n) is 3.55. The predicted molar refractivity (Wildman–Crippen MR) is 83.1 cm³/mol. The average molecular weight is 306 g/mol. The summed E-state index contributed by atoms with van der Waals surface area (Å²) in [5.41, 5.74) is 1.93. The first-order chi connectivity index (χ1) is 9.49. The maximum Gasteiger partial charge on any atom is 0.263 e. The highest BCUT2D eigenvalue weighted by Gasteiger charge is 2.13. The second-order valence-corrected chi connectivity index (χ2v) is 6.37. The third-order valence-corrected chi connectivity index (χ3v) is 5.00. The number of fused-ring (bicyclic) bond motifs is 1. The molecule has 104 valence electrons. The molecule has 0 unspecified atom stereocenters. The molecule has 0 saturated heterocycles. The van der Waals surface area contributed by atoms with E-state index in [1.54, 1.807) is 26.8 Å². The van der Waals surface area contributed by atoms with E-state index < -0.39 is 0 Å². The highest BCUT2D eigenvalue weighted by Crippen LogP contribution is 2.25. The molecule has 3 aromatic rings. The fraction of sp³-hybridized carbons (Fsp3) is 0.308. The summed E-state index contributed by atoms with van der Waals surface area (Å²) in [5.74, 6) is 0. The molecule has 3 rings (SSSR count). The molecule has 5 nitrogen and oxygen atoms in total. The fourth-order valence-corrected chi connectivity index (χ4v) is 3.59. The van der Waals surface area contributed by atoms with E-state index in [-0.39, 0.29) is 5.56 Å². The van der Waals surface area contributed by atoms with E-state index in [4.69, 9.17) is 12.2 Å². The molecule has 0 saturated carbocycles. The minimum atomic E-state index is -0.0354. The molecule has 0 aromatic carbocycles. The SMILES string of the molecule is Cc1sc2[nH]c(=S)n(Cc3ccnn3C)c(=O)c2c1C. The molecule has 7 heteroatoms. The number of aromatic nitrogens is 4. The van der Waals surface area contributed by atoms with Crippen LogP contribution in [0.2, 0.25) is 0 Å². The van der Waals surface area contributed by atoms with Gasteiger partial charge in [0.25, 0.3) is 5.56 Å². The molecular formula is C13H14N4OS2. The highest BCUT2D eigenvalue weighted by molar-refractivity contribution is 7.71. The predicted octanol–water partition coefficient (Wildman–Crippen LogP) is 2.52. The van der Waals surface area contributed by atoms with E-state index in [1.165, 1.54) is 0 Å². The third kappa shape index (κ3) is 1.94. The van der Waals surface area contributed by atoms with Gasteiger partial charge in [-0.15, -0.1) is 11.3 Å². The quantitative estimate of drug-likeness (QED) is 0.740. The Hall–Kier alpha value is -1.73. The van der Waals surface area contributed by atoms with E-state index in [0.717, 1.165) is 26.4 Å². The minimum Gasteiger partial charge on any atom is -0.323 e. The van der Waals surface area contributed by atoms with Crippen molar-refractivity contribution in [3.05, 3.63) is 43.5 Å². The molecule has 3 aromatic heterocycles. The molecule has 0 bridgehead atoms. The second kappa shape index (κ2) is 4.68. The Morgan fingerprint density at radius 2 is 2.20 bits per heavy atom. The van der Waals surface area contributed by atoms with Gasteiger partial charge in [-0.25, -0.2) is 0 Å². The lowest BCUT2D eigenvalue weighted by molar-refractivity contribution is 0.645. The van der Waals surface area contributed by atoms with Crippen LogP contribution in [-0.4, -0.2) is 19.3 Å². The van der Waals surface area contributed by atoms with Crippen LogP contribution in [0.15, 0.2) is 17.1 Å². The van der Waals surface area contributed by atoms with Gasteiger partial charge in [-0.3, -0.25) is 14.0 Å². The molecule has 0 amide bonds. The summed E-state index contributed by atoms with van der Waals surface area (Å²) < 4.78 is 3.79. The van der Waals surface area contributed by atoms with Crippen molar-refractivity contribution in [2.24, 2.45) is 7.05 Å². The Morgan fingerprint density at radius 1 is 1.45 bits per heavy atom. The first-order valence-corrected chi connectivity index (χ1v) is 7.41. The van der Waals surface area contributed by atoms with E-state index in [1.807, 2.05) is 27.0 Å². The largest absolute Gasteiger partial charge is 0.323 e. The summed E-state index contributed by atoms with van der Waals surface area (Å²) in [6.45, 7) is 4.41. The maximum absolute atomic E-state index is 12.7. The molecule has 0 aliphatic rings. The average Bonchev–Trinajstić information content (AvgIpc) is 2.90. The molecular weight excluding hydrogens is 292 g/mol. The van der Waals surface area contributed by atoms with Crippen LogP contribution >= 0.6 is 23.6 Å². The van der Waals surface area contributed by atoms with Gasteiger partial charge in [-0.05, 0) is 37.7 Å². The molecule has 3 heterocycles. The van der Waals surface area contributed by atoms with Gasteiger partial charge in [0.1, 0.15) is 4.83 Å². The highest BCUT2D eigenvalue weighted by atomic mass is 32.1. The van der Waals surface area contributed by atoms with Gasteiger partial charge in [0, 0.05) is 18.1 Å². The Kier molecular flexibility index (Phi) is 3.10. The van der Waals surface area contributed by atoms with Crippen molar-refractivity contribution < 1.29 is 0 Å². The van der Waals surface area contributed by atoms with Crippen molar-refractivity contribution in [3.63, 3.8) is 0 Å². The number of nitrogens with one attached hydrogen (secondary N) is 1. The van der Waals surface area contributed by atoms with Crippen LogP contribution in [0.3, 0.4) is 0 Å². The zero-order valence-corrected chi connectivity index (χ0v) is 13.1. The lowest BCUT2D eigenvalue weighted by atomic mass is 10.2. The van der Waals surface area contributed by atoms with Gasteiger partial charge >= 0.3 is 0 Å². The number of H-pyrrole nitrogens is 1. The number of hydrogen-bond donors (Lipinski definition) is 1. The van der Waals surface area contributed by atoms with Crippen LogP contribution < -0.4 is 5.56 Å². The summed E-state index contributed by atoms with van der Waals surface area (Å²) in [6, 6.07) is 1.89. The van der Waals surface area contributed by atoms with Crippen molar-refractivity contribution >= 4 is 33.8 Å². The molecule has 0 aliphatic carbocycles. The Morgan fingerprint density at radius 3 is 2.85 bits per heavy atom. The number of aryl methyl sites for hydroxylation is 3. The number of aromatic amines is 1. The smallest absolute Gasteiger partial charge is 0.263 e. The lowest BCUT2D eigenvalue weighted by Gasteiger charge is -2.07. The normalized spacial score (nSPS) is 11.3. The van der Waals surface area contributed by atoms with Gasteiger partial charge < -0.3 is 4.98 Å². The second-order valence-electron chi connectivity index (χ2n) is 4.75. The first-order valence-electron chi connectivity index (χ1n) is 6.18. The molecule has 0 aliphatic heterocycles. The van der Waals surface area contributed by atoms with Crippen LogP contribution in [0.25, 0.3) is 10.2 Å². The molecule has 0 radical (unpaired) electrons. The van der Waals surface area contributed by atoms with Crippen LogP contribution in [-0.2, 0) is 13.6 Å². The van der Waals surface area contributed by atoms with Gasteiger partial charge in [-0.1, -0.05) is 0 Å². The van der Waals surface area contributed by atoms with E-state index in [9.17, 15) is 4.79 Å². The molecule has 1 N–H and O–H groups in total. The van der Waals surface area contributed by atoms with Gasteiger partial charge in [0.15, 0.2) is 4.77 Å². The monoisotopic (exact) mass is 306 g/mol. The minimum absolute atomic E-state index is 0.0354. The first kappa shape index (κ1) is 13.3. The summed E-state index contributed by atoms with van der Waals surface area (Å²) in [5, 5.41) is 4.85. The Labute approximate surface area is 124 Å². The summed E-state index contributed by atoms with van der Waals surface area (Å²) in [7, 11) is 1.85. The molecule has 20 heavy (non-hydrogen) atoms. The number of rotatable bonds is 2. The van der Waals surface area contributed by atoms with Crippen molar-refractivity contribution in [1.29, 1.82) is 0 Å². The molecule has 0 spiro atoms. The fourth-order valence-electron chi connectivity index (χ4n) is 2.23. The van der Waals surface area contributed by atoms with Crippen LogP contribution in [0, 0.1) is 18.6 Å². The lowest BCUT2D eigenvalue weighted by Crippen LogP contribution is -2.23. The molecule has 0 atom stereocenters. The standard InChI is InChI=1S/C13H14N4OS2/c1-7-8(2)20-11-10(7)12(18)17(13(19)15-11)6-9-4-5-14-16(9)3/h4-5H,6H2,1-3H3,(H,15,19). The van der Waals surface area contributed by atoms with E-state index >= 15 is 0 Å². The van der Waals surface area contributed by atoms with Crippen molar-refractivity contribution in [3.8, 4) is 0 Å². The molecule has 0 fully saturated rings. The van der Waals surface area contributed by atoms with E-state index in [0.29, 0.717) is 11.3 Å². The van der Waals surface area contributed by atoms with Gasteiger partial charge in [-0.2, -0.15) is 5.10 Å². The van der Waals surface area contributed by atoms with Crippen LogP contribution in [0.4, 0.5) is 0 Å². The van der Waals surface area contributed by atoms with Crippen molar-refractivity contribution in [1.82, 2.24) is 19.3 Å². The van der Waals surface area contributed by atoms with Crippen molar-refractivity contribution in [2.45, 2.75) is 20.4 Å². The van der Waals surface area contributed by atoms with Gasteiger partial charge in [0.05, 0.1) is 17.6 Å². The summed E-state index contributed by atoms with van der Waals surface area (Å²) >= 11 is 6.89. The van der Waals surface area contributed by atoms with Crippen molar-refractivity contribution in [2.75, 3.05) is 0 Å². The van der Waals surface area contributed by atoms with E-state index in [2.05, 4.69) is 10.1 Å². The van der Waals surface area contributed by atoms with Crippen LogP contribution in [0.1, 0.15) is 16.1 Å².